The maximum atomic E-state index is 12.4. The number of hydrogen-bond donors (Lipinski definition) is 1. The lowest BCUT2D eigenvalue weighted by Crippen LogP contribution is -2.39. The van der Waals surface area contributed by atoms with Gasteiger partial charge in [0.1, 0.15) is 0 Å². The molecule has 126 valence electrons. The van der Waals surface area contributed by atoms with Gasteiger partial charge in [-0.25, -0.2) is 0 Å². The maximum Gasteiger partial charge on any atom is 0.241 e. The van der Waals surface area contributed by atoms with Crippen LogP contribution in [0.2, 0.25) is 0 Å². The lowest BCUT2D eigenvalue weighted by molar-refractivity contribution is -0.120. The zero-order valence-corrected chi connectivity index (χ0v) is 15.2. The third kappa shape index (κ3) is 3.88. The number of nitrogens with one attached hydrogen (secondary N) is 1. The summed E-state index contributed by atoms with van der Waals surface area (Å²) in [5, 5.41) is 2.93. The van der Waals surface area contributed by atoms with Crippen molar-refractivity contribution >= 4 is 27.5 Å². The van der Waals surface area contributed by atoms with Crippen LogP contribution in [-0.4, -0.2) is 30.7 Å². The van der Waals surface area contributed by atoms with E-state index in [0.717, 1.165) is 27.2 Å². The smallest absolute Gasteiger partial charge is 0.241 e. The van der Waals surface area contributed by atoms with E-state index in [9.17, 15) is 4.79 Å². The SMILES string of the molecule is C[C@@H](C(=O)Nc1ccc(Br)cc1)N(C)Cc1ccc2c(c1)OCO2. The van der Waals surface area contributed by atoms with E-state index in [0.29, 0.717) is 6.54 Å². The molecule has 1 N–H and O–H groups in total. The van der Waals surface area contributed by atoms with E-state index in [1.165, 1.54) is 0 Å². The van der Waals surface area contributed by atoms with Gasteiger partial charge in [0.2, 0.25) is 12.7 Å². The second kappa shape index (κ2) is 7.23. The second-order valence-electron chi connectivity index (χ2n) is 5.77. The highest BCUT2D eigenvalue weighted by Gasteiger charge is 2.20. The molecule has 0 aromatic heterocycles. The Balaban J connectivity index is 1.60. The first-order valence-corrected chi connectivity index (χ1v) is 8.47. The fourth-order valence-corrected chi connectivity index (χ4v) is 2.71. The van der Waals surface area contributed by atoms with Crippen LogP contribution in [0.3, 0.4) is 0 Å². The molecule has 2 aromatic rings. The summed E-state index contributed by atoms with van der Waals surface area (Å²) >= 11 is 3.38. The molecule has 6 heteroatoms. The third-order valence-corrected chi connectivity index (χ3v) is 4.55. The standard InChI is InChI=1S/C18H19BrN2O3/c1-12(18(22)20-15-6-4-14(19)5-7-15)21(2)10-13-3-8-16-17(9-13)24-11-23-16/h3-9,12H,10-11H2,1-2H3,(H,20,22)/t12-/m0/s1. The highest BCUT2D eigenvalue weighted by atomic mass is 79.9. The molecule has 24 heavy (non-hydrogen) atoms. The monoisotopic (exact) mass is 390 g/mol. The van der Waals surface area contributed by atoms with E-state index in [1.54, 1.807) is 0 Å². The van der Waals surface area contributed by atoms with Crippen LogP contribution < -0.4 is 14.8 Å². The molecule has 0 radical (unpaired) electrons. The highest BCUT2D eigenvalue weighted by molar-refractivity contribution is 9.10. The van der Waals surface area contributed by atoms with Crippen LogP contribution in [0.15, 0.2) is 46.9 Å². The first-order chi connectivity index (χ1) is 11.5. The Kier molecular flexibility index (Phi) is 5.06. The number of likely N-dealkylation sites (N-methyl/N-ethyl adjacent to an activating group) is 1. The van der Waals surface area contributed by atoms with Crippen LogP contribution in [0.25, 0.3) is 0 Å². The topological polar surface area (TPSA) is 50.8 Å². The van der Waals surface area contributed by atoms with Gasteiger partial charge >= 0.3 is 0 Å². The molecule has 0 saturated carbocycles. The normalized spacial score (nSPS) is 13.8. The van der Waals surface area contributed by atoms with E-state index in [-0.39, 0.29) is 18.7 Å². The molecule has 1 aliphatic heterocycles. The number of hydrogen-bond acceptors (Lipinski definition) is 4. The zero-order chi connectivity index (χ0) is 17.1. The molecule has 1 amide bonds. The van der Waals surface area contributed by atoms with Gasteiger partial charge in [0, 0.05) is 16.7 Å². The van der Waals surface area contributed by atoms with Crippen LogP contribution in [0, 0.1) is 0 Å². The number of anilines is 1. The summed E-state index contributed by atoms with van der Waals surface area (Å²) in [6.45, 7) is 2.80. The van der Waals surface area contributed by atoms with E-state index >= 15 is 0 Å². The van der Waals surface area contributed by atoms with E-state index < -0.39 is 0 Å². The average Bonchev–Trinajstić information content (AvgIpc) is 3.03. The van der Waals surface area contributed by atoms with Crippen molar-refractivity contribution in [3.63, 3.8) is 0 Å². The molecule has 1 aliphatic rings. The van der Waals surface area contributed by atoms with Gasteiger partial charge < -0.3 is 14.8 Å². The zero-order valence-electron chi connectivity index (χ0n) is 13.6. The van der Waals surface area contributed by atoms with Gasteiger partial charge in [-0.2, -0.15) is 0 Å². The number of rotatable bonds is 5. The molecule has 0 fully saturated rings. The summed E-state index contributed by atoms with van der Waals surface area (Å²) in [6, 6.07) is 13.1. The van der Waals surface area contributed by atoms with E-state index in [2.05, 4.69) is 21.2 Å². The fraction of sp³-hybridized carbons (Fsp3) is 0.278. The summed E-state index contributed by atoms with van der Waals surface area (Å²) in [5.41, 5.74) is 1.86. The molecule has 0 bridgehead atoms. The molecule has 1 atom stereocenters. The summed E-state index contributed by atoms with van der Waals surface area (Å²) in [4.78, 5) is 14.4. The lowest BCUT2D eigenvalue weighted by Gasteiger charge is -2.24. The number of carbonyl (C=O) groups is 1. The second-order valence-corrected chi connectivity index (χ2v) is 6.69. The van der Waals surface area contributed by atoms with E-state index in [1.807, 2.05) is 61.3 Å². The average molecular weight is 391 g/mol. The minimum Gasteiger partial charge on any atom is -0.454 e. The molecule has 2 aromatic carbocycles. The number of ether oxygens (including phenoxy) is 2. The van der Waals surface area contributed by atoms with Crippen molar-refractivity contribution in [3.05, 3.63) is 52.5 Å². The predicted octanol–water partition coefficient (Wildman–Crippen LogP) is 3.64. The Morgan fingerprint density at radius 2 is 1.92 bits per heavy atom. The Hall–Kier alpha value is -2.05. The van der Waals surface area contributed by atoms with Crippen LogP contribution in [0.4, 0.5) is 5.69 Å². The lowest BCUT2D eigenvalue weighted by atomic mass is 10.1. The quantitative estimate of drug-likeness (QED) is 0.846. The highest BCUT2D eigenvalue weighted by Crippen LogP contribution is 2.32. The van der Waals surface area contributed by atoms with Crippen molar-refractivity contribution < 1.29 is 14.3 Å². The molecule has 0 spiro atoms. The first-order valence-electron chi connectivity index (χ1n) is 7.68. The molecular weight excluding hydrogens is 372 g/mol. The number of fused-ring (bicyclic) bond motifs is 1. The van der Waals surface area contributed by atoms with Gasteiger partial charge in [0.05, 0.1) is 6.04 Å². The summed E-state index contributed by atoms with van der Waals surface area (Å²) in [5.74, 6) is 1.48. The number of benzene rings is 2. The van der Waals surface area contributed by atoms with Crippen molar-refractivity contribution in [1.82, 2.24) is 4.90 Å². The Labute approximate surface area is 149 Å². The van der Waals surface area contributed by atoms with Gasteiger partial charge in [-0.05, 0) is 55.9 Å². The van der Waals surface area contributed by atoms with Crippen molar-refractivity contribution in [3.8, 4) is 11.5 Å². The van der Waals surface area contributed by atoms with Crippen molar-refractivity contribution in [2.75, 3.05) is 19.2 Å². The van der Waals surface area contributed by atoms with Crippen molar-refractivity contribution in [2.24, 2.45) is 0 Å². The molecule has 1 heterocycles. The van der Waals surface area contributed by atoms with Crippen LogP contribution in [0.1, 0.15) is 12.5 Å². The number of nitrogens with zero attached hydrogens (tertiary/aromatic N) is 1. The van der Waals surface area contributed by atoms with Gasteiger partial charge in [0.15, 0.2) is 11.5 Å². The Morgan fingerprint density at radius 3 is 2.67 bits per heavy atom. The van der Waals surface area contributed by atoms with Crippen LogP contribution >= 0.6 is 15.9 Å². The molecule has 0 saturated heterocycles. The Morgan fingerprint density at radius 1 is 1.21 bits per heavy atom. The van der Waals surface area contributed by atoms with E-state index in [4.69, 9.17) is 9.47 Å². The minimum absolute atomic E-state index is 0.0411. The molecule has 5 nitrogen and oxygen atoms in total. The molecule has 0 aliphatic carbocycles. The fourth-order valence-electron chi connectivity index (χ4n) is 2.44. The largest absolute Gasteiger partial charge is 0.454 e. The molecular formula is C18H19BrN2O3. The molecule has 3 rings (SSSR count). The summed E-state index contributed by atoms with van der Waals surface area (Å²) < 4.78 is 11.7. The van der Waals surface area contributed by atoms with Gasteiger partial charge in [0.25, 0.3) is 0 Å². The Bertz CT molecular complexity index is 734. The van der Waals surface area contributed by atoms with Crippen LogP contribution in [-0.2, 0) is 11.3 Å². The van der Waals surface area contributed by atoms with Crippen LogP contribution in [0.5, 0.6) is 11.5 Å². The number of amides is 1. The number of carbonyl (C=O) groups excluding carboxylic acids is 1. The number of halogens is 1. The van der Waals surface area contributed by atoms with Crippen molar-refractivity contribution in [1.29, 1.82) is 0 Å². The summed E-state index contributed by atoms with van der Waals surface area (Å²) in [7, 11) is 1.93. The van der Waals surface area contributed by atoms with Gasteiger partial charge in [-0.3, -0.25) is 9.69 Å². The first kappa shape index (κ1) is 16.8. The minimum atomic E-state index is -0.265. The van der Waals surface area contributed by atoms with Crippen molar-refractivity contribution in [2.45, 2.75) is 19.5 Å². The molecule has 0 unspecified atom stereocenters. The maximum absolute atomic E-state index is 12.4. The summed E-state index contributed by atoms with van der Waals surface area (Å²) in [6.07, 6.45) is 0. The predicted molar refractivity (Wildman–Crippen MR) is 96.3 cm³/mol. The van der Waals surface area contributed by atoms with Gasteiger partial charge in [-0.1, -0.05) is 22.0 Å². The third-order valence-electron chi connectivity index (χ3n) is 4.02. The van der Waals surface area contributed by atoms with Gasteiger partial charge in [-0.15, -0.1) is 0 Å².